The molecule has 0 spiro atoms. The van der Waals surface area contributed by atoms with Gasteiger partial charge in [-0.05, 0) is 43.0 Å². The Morgan fingerprint density at radius 1 is 1.25 bits per heavy atom. The van der Waals surface area contributed by atoms with Gasteiger partial charge in [-0.25, -0.2) is 0 Å². The number of nitrogens with one attached hydrogen (secondary N) is 1. The van der Waals surface area contributed by atoms with Gasteiger partial charge in [0.1, 0.15) is 0 Å². The van der Waals surface area contributed by atoms with Gasteiger partial charge in [-0.1, -0.05) is 34.5 Å². The van der Waals surface area contributed by atoms with Gasteiger partial charge in [0.25, 0.3) is 0 Å². The van der Waals surface area contributed by atoms with Crippen molar-refractivity contribution in [1.29, 1.82) is 0 Å². The van der Waals surface area contributed by atoms with Crippen LogP contribution in [0.1, 0.15) is 24.8 Å². The largest absolute Gasteiger partial charge is 0.330 e. The molecule has 0 aliphatic heterocycles. The molecule has 3 N–H and O–H groups in total. The van der Waals surface area contributed by atoms with Gasteiger partial charge in [0, 0.05) is 17.1 Å². The minimum atomic E-state index is 0.619. The van der Waals surface area contributed by atoms with E-state index in [2.05, 4.69) is 45.5 Å². The first kappa shape index (κ1) is 12.1. The molecule has 0 bridgehead atoms. The summed E-state index contributed by atoms with van der Waals surface area (Å²) >= 11 is 3.45. The zero-order valence-electron chi connectivity index (χ0n) is 9.45. The van der Waals surface area contributed by atoms with Crippen LogP contribution in [0.4, 0.5) is 0 Å². The van der Waals surface area contributed by atoms with Crippen molar-refractivity contribution in [2.75, 3.05) is 6.54 Å². The third-order valence-corrected chi connectivity index (χ3v) is 3.97. The number of rotatable bonds is 4. The summed E-state index contributed by atoms with van der Waals surface area (Å²) in [6.07, 6.45) is 3.88. The van der Waals surface area contributed by atoms with E-state index in [-0.39, 0.29) is 0 Å². The van der Waals surface area contributed by atoms with Crippen LogP contribution in [-0.4, -0.2) is 12.6 Å². The summed E-state index contributed by atoms with van der Waals surface area (Å²) in [7, 11) is 0. The number of hydrogen-bond donors (Lipinski definition) is 2. The second-order valence-electron chi connectivity index (χ2n) is 4.54. The van der Waals surface area contributed by atoms with Crippen molar-refractivity contribution in [3.8, 4) is 0 Å². The van der Waals surface area contributed by atoms with Gasteiger partial charge >= 0.3 is 0 Å². The van der Waals surface area contributed by atoms with Crippen LogP contribution in [-0.2, 0) is 6.54 Å². The minimum Gasteiger partial charge on any atom is -0.330 e. The standard InChI is InChI=1S/C13H19BrN2/c14-12-6-4-10(5-7-12)9-16-13-3-1-2-11(13)8-15/h4-7,11,13,16H,1-3,8-9,15H2. The lowest BCUT2D eigenvalue weighted by molar-refractivity contribution is 0.406. The van der Waals surface area contributed by atoms with Crippen LogP contribution < -0.4 is 11.1 Å². The van der Waals surface area contributed by atoms with Gasteiger partial charge in [-0.2, -0.15) is 0 Å². The van der Waals surface area contributed by atoms with Crippen LogP contribution in [0.2, 0.25) is 0 Å². The zero-order valence-corrected chi connectivity index (χ0v) is 11.0. The maximum atomic E-state index is 5.77. The van der Waals surface area contributed by atoms with Crippen LogP contribution in [0.5, 0.6) is 0 Å². The monoisotopic (exact) mass is 282 g/mol. The van der Waals surface area contributed by atoms with Crippen molar-refractivity contribution in [2.45, 2.75) is 31.8 Å². The van der Waals surface area contributed by atoms with Crippen molar-refractivity contribution >= 4 is 15.9 Å². The summed E-state index contributed by atoms with van der Waals surface area (Å²) in [5.74, 6) is 0.676. The molecule has 0 amide bonds. The molecule has 0 aromatic heterocycles. The highest BCUT2D eigenvalue weighted by molar-refractivity contribution is 9.10. The number of hydrogen-bond acceptors (Lipinski definition) is 2. The smallest absolute Gasteiger partial charge is 0.0208 e. The molecule has 1 saturated carbocycles. The molecule has 1 aliphatic rings. The molecular formula is C13H19BrN2. The first-order valence-electron chi connectivity index (χ1n) is 5.97. The van der Waals surface area contributed by atoms with Crippen molar-refractivity contribution < 1.29 is 0 Å². The summed E-state index contributed by atoms with van der Waals surface area (Å²) in [5.41, 5.74) is 7.11. The number of nitrogens with two attached hydrogens (primary N) is 1. The molecular weight excluding hydrogens is 264 g/mol. The Bertz CT molecular complexity index is 323. The first-order chi connectivity index (χ1) is 7.79. The molecule has 16 heavy (non-hydrogen) atoms. The van der Waals surface area contributed by atoms with Crippen LogP contribution in [0.15, 0.2) is 28.7 Å². The molecule has 88 valence electrons. The topological polar surface area (TPSA) is 38.0 Å². The van der Waals surface area contributed by atoms with Crippen LogP contribution in [0.3, 0.4) is 0 Å². The van der Waals surface area contributed by atoms with E-state index in [1.54, 1.807) is 0 Å². The summed E-state index contributed by atoms with van der Waals surface area (Å²) in [6, 6.07) is 9.11. The molecule has 3 heteroatoms. The molecule has 2 atom stereocenters. The van der Waals surface area contributed by atoms with E-state index in [0.29, 0.717) is 12.0 Å². The van der Waals surface area contributed by atoms with Gasteiger partial charge in [0.2, 0.25) is 0 Å². The Morgan fingerprint density at radius 3 is 2.69 bits per heavy atom. The molecule has 0 heterocycles. The van der Waals surface area contributed by atoms with Crippen molar-refractivity contribution in [3.05, 3.63) is 34.3 Å². The first-order valence-corrected chi connectivity index (χ1v) is 6.77. The third-order valence-electron chi connectivity index (χ3n) is 3.44. The van der Waals surface area contributed by atoms with E-state index >= 15 is 0 Å². The highest BCUT2D eigenvalue weighted by Gasteiger charge is 2.25. The molecule has 0 radical (unpaired) electrons. The van der Waals surface area contributed by atoms with Crippen molar-refractivity contribution in [1.82, 2.24) is 5.32 Å². The quantitative estimate of drug-likeness (QED) is 0.891. The zero-order chi connectivity index (χ0) is 11.4. The Labute approximate surface area is 106 Å². The van der Waals surface area contributed by atoms with Gasteiger partial charge < -0.3 is 11.1 Å². The fourth-order valence-electron chi connectivity index (χ4n) is 2.44. The van der Waals surface area contributed by atoms with Gasteiger partial charge in [0.15, 0.2) is 0 Å². The number of halogens is 1. The Morgan fingerprint density at radius 2 is 2.00 bits per heavy atom. The Balaban J connectivity index is 1.85. The minimum absolute atomic E-state index is 0.619. The predicted octanol–water partition coefficient (Wildman–Crippen LogP) is 2.67. The molecule has 2 nitrogen and oxygen atoms in total. The average molecular weight is 283 g/mol. The lowest BCUT2D eigenvalue weighted by Crippen LogP contribution is -2.35. The summed E-state index contributed by atoms with van der Waals surface area (Å²) in [5, 5.41) is 3.62. The molecule has 1 aliphatic carbocycles. The van der Waals surface area contributed by atoms with Crippen molar-refractivity contribution in [2.24, 2.45) is 11.7 Å². The van der Waals surface area contributed by atoms with Crippen molar-refractivity contribution in [3.63, 3.8) is 0 Å². The molecule has 1 aromatic rings. The van der Waals surface area contributed by atoms with E-state index in [1.165, 1.54) is 24.8 Å². The van der Waals surface area contributed by atoms with Gasteiger partial charge in [-0.3, -0.25) is 0 Å². The SMILES string of the molecule is NCC1CCCC1NCc1ccc(Br)cc1. The van der Waals surface area contributed by atoms with Crippen LogP contribution >= 0.6 is 15.9 Å². The van der Waals surface area contributed by atoms with Crippen LogP contribution in [0.25, 0.3) is 0 Å². The highest BCUT2D eigenvalue weighted by Crippen LogP contribution is 2.24. The fraction of sp³-hybridized carbons (Fsp3) is 0.538. The highest BCUT2D eigenvalue weighted by atomic mass is 79.9. The maximum Gasteiger partial charge on any atom is 0.0208 e. The third kappa shape index (κ3) is 3.06. The van der Waals surface area contributed by atoms with Gasteiger partial charge in [-0.15, -0.1) is 0 Å². The lowest BCUT2D eigenvalue weighted by Gasteiger charge is -2.19. The predicted molar refractivity (Wildman–Crippen MR) is 71.2 cm³/mol. The normalized spacial score (nSPS) is 24.9. The number of benzene rings is 1. The van der Waals surface area contributed by atoms with E-state index in [9.17, 15) is 0 Å². The Kier molecular flexibility index (Phi) is 4.38. The average Bonchev–Trinajstić information content (AvgIpc) is 2.76. The molecule has 2 unspecified atom stereocenters. The maximum absolute atomic E-state index is 5.77. The van der Waals surface area contributed by atoms with Crippen LogP contribution in [0, 0.1) is 5.92 Å². The molecule has 0 saturated heterocycles. The second kappa shape index (κ2) is 5.80. The molecule has 2 rings (SSSR count). The second-order valence-corrected chi connectivity index (χ2v) is 5.46. The summed E-state index contributed by atoms with van der Waals surface area (Å²) in [6.45, 7) is 1.77. The van der Waals surface area contributed by atoms with E-state index in [1.807, 2.05) is 0 Å². The molecule has 1 aromatic carbocycles. The summed E-state index contributed by atoms with van der Waals surface area (Å²) in [4.78, 5) is 0. The van der Waals surface area contributed by atoms with E-state index < -0.39 is 0 Å². The summed E-state index contributed by atoms with van der Waals surface area (Å²) < 4.78 is 1.14. The Hall–Kier alpha value is -0.380. The van der Waals surface area contributed by atoms with Gasteiger partial charge in [0.05, 0.1) is 0 Å². The fourth-order valence-corrected chi connectivity index (χ4v) is 2.70. The van der Waals surface area contributed by atoms with E-state index in [4.69, 9.17) is 5.73 Å². The molecule has 1 fully saturated rings. The van der Waals surface area contributed by atoms with E-state index in [0.717, 1.165) is 17.6 Å². The lowest BCUT2D eigenvalue weighted by atomic mass is 10.0.